The predicted octanol–water partition coefficient (Wildman–Crippen LogP) is 3.48. The standard InChI is InChI=1S/C18H16ClIN2O2/c19-12-6-7-13-11(9-12)5-8-16(13)22-17(23)10-21-18(24)14-3-1-2-4-15(14)20/h1-4,6-7,9,16H,5,8,10H2,(H,21,24)(H,22,23). The highest BCUT2D eigenvalue weighted by molar-refractivity contribution is 14.1. The third kappa shape index (κ3) is 3.89. The van der Waals surface area contributed by atoms with Crippen molar-refractivity contribution in [3.8, 4) is 0 Å². The Morgan fingerprint density at radius 1 is 1.21 bits per heavy atom. The van der Waals surface area contributed by atoms with Gasteiger partial charge >= 0.3 is 0 Å². The van der Waals surface area contributed by atoms with E-state index in [9.17, 15) is 9.59 Å². The summed E-state index contributed by atoms with van der Waals surface area (Å²) in [7, 11) is 0. The minimum Gasteiger partial charge on any atom is -0.348 e. The highest BCUT2D eigenvalue weighted by Crippen LogP contribution is 2.32. The number of hydrogen-bond acceptors (Lipinski definition) is 2. The van der Waals surface area contributed by atoms with Crippen molar-refractivity contribution in [3.05, 3.63) is 67.7 Å². The number of carbonyl (C=O) groups excluding carboxylic acids is 2. The van der Waals surface area contributed by atoms with Crippen LogP contribution in [0, 0.1) is 3.57 Å². The SMILES string of the molecule is O=C(CNC(=O)c1ccccc1I)NC1CCc2cc(Cl)ccc21. The molecule has 124 valence electrons. The molecule has 0 radical (unpaired) electrons. The second kappa shape index (κ2) is 7.53. The van der Waals surface area contributed by atoms with Gasteiger partial charge in [-0.3, -0.25) is 9.59 Å². The van der Waals surface area contributed by atoms with Crippen molar-refractivity contribution in [2.75, 3.05) is 6.54 Å². The second-order valence-electron chi connectivity index (χ2n) is 5.66. The summed E-state index contributed by atoms with van der Waals surface area (Å²) in [6.45, 7) is -0.0385. The summed E-state index contributed by atoms with van der Waals surface area (Å²) in [5, 5.41) is 6.36. The monoisotopic (exact) mass is 454 g/mol. The number of fused-ring (bicyclic) bond motifs is 1. The van der Waals surface area contributed by atoms with Gasteiger partial charge in [0.15, 0.2) is 0 Å². The van der Waals surface area contributed by atoms with Crippen LogP contribution >= 0.6 is 34.2 Å². The van der Waals surface area contributed by atoms with Gasteiger partial charge in [0, 0.05) is 8.59 Å². The topological polar surface area (TPSA) is 58.2 Å². The fourth-order valence-electron chi connectivity index (χ4n) is 2.88. The molecule has 2 aromatic carbocycles. The zero-order valence-electron chi connectivity index (χ0n) is 12.8. The molecule has 0 fully saturated rings. The summed E-state index contributed by atoms with van der Waals surface area (Å²) in [6, 6.07) is 13.0. The van der Waals surface area contributed by atoms with Crippen molar-refractivity contribution in [3.63, 3.8) is 0 Å². The van der Waals surface area contributed by atoms with Gasteiger partial charge in [-0.05, 0) is 70.8 Å². The van der Waals surface area contributed by atoms with E-state index in [1.165, 1.54) is 5.56 Å². The highest BCUT2D eigenvalue weighted by Gasteiger charge is 2.24. The predicted molar refractivity (Wildman–Crippen MR) is 102 cm³/mol. The largest absolute Gasteiger partial charge is 0.348 e. The zero-order valence-corrected chi connectivity index (χ0v) is 15.7. The molecular formula is C18H16ClIN2O2. The van der Waals surface area contributed by atoms with Crippen LogP contribution in [0.15, 0.2) is 42.5 Å². The molecule has 0 saturated carbocycles. The lowest BCUT2D eigenvalue weighted by Crippen LogP contribution is -2.38. The number of nitrogens with one attached hydrogen (secondary N) is 2. The van der Waals surface area contributed by atoms with E-state index in [-0.39, 0.29) is 24.4 Å². The molecule has 2 amide bonds. The van der Waals surface area contributed by atoms with Crippen molar-refractivity contribution >= 4 is 46.0 Å². The molecule has 0 heterocycles. The first-order valence-electron chi connectivity index (χ1n) is 7.65. The van der Waals surface area contributed by atoms with Crippen molar-refractivity contribution in [1.82, 2.24) is 10.6 Å². The minimum atomic E-state index is -0.242. The minimum absolute atomic E-state index is 0.0152. The van der Waals surface area contributed by atoms with Crippen molar-refractivity contribution in [2.45, 2.75) is 18.9 Å². The van der Waals surface area contributed by atoms with Crippen molar-refractivity contribution < 1.29 is 9.59 Å². The van der Waals surface area contributed by atoms with Gasteiger partial charge in [0.25, 0.3) is 5.91 Å². The number of benzene rings is 2. The van der Waals surface area contributed by atoms with E-state index < -0.39 is 0 Å². The fourth-order valence-corrected chi connectivity index (χ4v) is 3.71. The van der Waals surface area contributed by atoms with E-state index in [4.69, 9.17) is 11.6 Å². The Kier molecular flexibility index (Phi) is 5.40. The average molecular weight is 455 g/mol. The molecule has 1 unspecified atom stereocenters. The highest BCUT2D eigenvalue weighted by atomic mass is 127. The number of amides is 2. The Labute approximate surface area is 159 Å². The van der Waals surface area contributed by atoms with Gasteiger partial charge in [-0.2, -0.15) is 0 Å². The van der Waals surface area contributed by atoms with Gasteiger partial charge in [-0.1, -0.05) is 29.8 Å². The summed E-state index contributed by atoms with van der Waals surface area (Å²) in [4.78, 5) is 24.3. The normalized spacial score (nSPS) is 15.7. The van der Waals surface area contributed by atoms with Gasteiger partial charge in [0.05, 0.1) is 18.2 Å². The second-order valence-corrected chi connectivity index (χ2v) is 7.26. The number of hydrogen-bond donors (Lipinski definition) is 2. The Bertz CT molecular complexity index is 794. The lowest BCUT2D eigenvalue weighted by Gasteiger charge is -2.15. The average Bonchev–Trinajstić information content (AvgIpc) is 2.95. The molecule has 1 aliphatic rings. The Morgan fingerprint density at radius 3 is 2.79 bits per heavy atom. The number of aryl methyl sites for hydroxylation is 1. The van der Waals surface area contributed by atoms with E-state index in [0.717, 1.165) is 22.0 Å². The first-order chi connectivity index (χ1) is 11.5. The smallest absolute Gasteiger partial charge is 0.252 e. The molecule has 2 N–H and O–H groups in total. The van der Waals surface area contributed by atoms with Crippen LogP contribution in [0.1, 0.15) is 33.9 Å². The molecule has 24 heavy (non-hydrogen) atoms. The van der Waals surface area contributed by atoms with Crippen LogP contribution in [0.2, 0.25) is 5.02 Å². The quantitative estimate of drug-likeness (QED) is 0.695. The van der Waals surface area contributed by atoms with Gasteiger partial charge in [-0.25, -0.2) is 0 Å². The van der Waals surface area contributed by atoms with Crippen LogP contribution in [-0.4, -0.2) is 18.4 Å². The van der Waals surface area contributed by atoms with Gasteiger partial charge < -0.3 is 10.6 Å². The molecule has 0 aliphatic heterocycles. The van der Waals surface area contributed by atoms with E-state index in [2.05, 4.69) is 33.2 Å². The van der Waals surface area contributed by atoms with Crippen LogP contribution in [0.3, 0.4) is 0 Å². The maximum atomic E-state index is 12.1. The van der Waals surface area contributed by atoms with E-state index >= 15 is 0 Å². The van der Waals surface area contributed by atoms with Crippen LogP contribution in [0.25, 0.3) is 0 Å². The summed E-state index contributed by atoms with van der Waals surface area (Å²) in [5.41, 5.74) is 2.86. The van der Waals surface area contributed by atoms with Gasteiger partial charge in [0.2, 0.25) is 5.91 Å². The van der Waals surface area contributed by atoms with Gasteiger partial charge in [-0.15, -0.1) is 0 Å². The molecule has 1 aliphatic carbocycles. The van der Waals surface area contributed by atoms with Crippen LogP contribution in [0.4, 0.5) is 0 Å². The summed E-state index contributed by atoms with van der Waals surface area (Å²) in [5.74, 6) is -0.434. The first kappa shape index (κ1) is 17.2. The van der Waals surface area contributed by atoms with E-state index in [1.807, 2.05) is 30.3 Å². The summed E-state index contributed by atoms with van der Waals surface area (Å²) in [6.07, 6.45) is 1.75. The van der Waals surface area contributed by atoms with Gasteiger partial charge in [0.1, 0.15) is 0 Å². The third-order valence-corrected chi connectivity index (χ3v) is 5.22. The molecule has 0 bridgehead atoms. The van der Waals surface area contributed by atoms with Crippen molar-refractivity contribution in [2.24, 2.45) is 0 Å². The van der Waals surface area contributed by atoms with E-state index in [1.54, 1.807) is 12.1 Å². The first-order valence-corrected chi connectivity index (χ1v) is 9.10. The maximum Gasteiger partial charge on any atom is 0.252 e. The molecule has 0 aromatic heterocycles. The van der Waals surface area contributed by atoms with Crippen LogP contribution in [0.5, 0.6) is 0 Å². The third-order valence-electron chi connectivity index (χ3n) is 4.05. The van der Waals surface area contributed by atoms with E-state index in [0.29, 0.717) is 10.6 Å². The molecule has 1 atom stereocenters. The molecule has 2 aromatic rings. The molecular weight excluding hydrogens is 439 g/mol. The molecule has 4 nitrogen and oxygen atoms in total. The Balaban J connectivity index is 1.56. The fraction of sp³-hybridized carbons (Fsp3) is 0.222. The Morgan fingerprint density at radius 2 is 2.00 bits per heavy atom. The lowest BCUT2D eigenvalue weighted by molar-refractivity contribution is -0.120. The van der Waals surface area contributed by atoms with Crippen LogP contribution < -0.4 is 10.6 Å². The summed E-state index contributed by atoms with van der Waals surface area (Å²) < 4.78 is 0.856. The number of carbonyl (C=O) groups is 2. The molecule has 0 spiro atoms. The molecule has 6 heteroatoms. The van der Waals surface area contributed by atoms with Crippen LogP contribution in [-0.2, 0) is 11.2 Å². The zero-order chi connectivity index (χ0) is 17.1. The molecule has 0 saturated heterocycles. The maximum absolute atomic E-state index is 12.1. The van der Waals surface area contributed by atoms with Crippen molar-refractivity contribution in [1.29, 1.82) is 0 Å². The molecule has 3 rings (SSSR count). The summed E-state index contributed by atoms with van der Waals surface area (Å²) >= 11 is 8.10. The number of halogens is 2. The lowest BCUT2D eigenvalue weighted by atomic mass is 10.1. The Hall–Kier alpha value is -1.60. The number of rotatable bonds is 4.